The minimum Gasteiger partial charge on any atom is -0.491 e. The first-order valence-corrected chi connectivity index (χ1v) is 8.94. The molecule has 0 amide bonds. The summed E-state index contributed by atoms with van der Waals surface area (Å²) in [4.78, 5) is 0. The van der Waals surface area contributed by atoms with Gasteiger partial charge in [0.2, 0.25) is 0 Å². The summed E-state index contributed by atoms with van der Waals surface area (Å²) in [6.45, 7) is 8.34. The molecular weight excluding hydrogens is 270 g/mol. The van der Waals surface area contributed by atoms with Gasteiger partial charge in [0, 0.05) is 34.9 Å². The zero-order chi connectivity index (χ0) is 15.1. The summed E-state index contributed by atoms with van der Waals surface area (Å²) in [6, 6.07) is 8.86. The van der Waals surface area contributed by atoms with E-state index in [-0.39, 0.29) is 12.1 Å². The van der Waals surface area contributed by atoms with E-state index in [1.807, 2.05) is 26.0 Å². The summed E-state index contributed by atoms with van der Waals surface area (Å²) in [5.74, 6) is 1.66. The molecule has 1 aromatic carbocycles. The third-order valence-electron chi connectivity index (χ3n) is 3.12. The van der Waals surface area contributed by atoms with Crippen LogP contribution in [0.5, 0.6) is 5.75 Å². The lowest BCUT2D eigenvalue weighted by atomic mass is 10.1. The van der Waals surface area contributed by atoms with Crippen molar-refractivity contribution in [2.45, 2.75) is 52.3 Å². The molecule has 0 saturated heterocycles. The van der Waals surface area contributed by atoms with E-state index in [1.165, 1.54) is 5.56 Å². The summed E-state index contributed by atoms with van der Waals surface area (Å²) < 4.78 is 16.7. The van der Waals surface area contributed by atoms with E-state index in [2.05, 4.69) is 31.3 Å². The molecule has 0 bridgehead atoms. The Morgan fingerprint density at radius 1 is 1.15 bits per heavy atom. The number of ether oxygens (including phenoxy) is 1. The van der Waals surface area contributed by atoms with Gasteiger partial charge in [-0.3, -0.25) is 4.21 Å². The molecule has 0 aliphatic heterocycles. The highest BCUT2D eigenvalue weighted by atomic mass is 32.2. The fraction of sp³-hybridized carbons (Fsp3) is 0.625. The van der Waals surface area contributed by atoms with Crippen molar-refractivity contribution >= 4 is 10.8 Å². The molecular formula is C16H27NO2S. The maximum atomic E-state index is 11.1. The van der Waals surface area contributed by atoms with Crippen LogP contribution in [0.3, 0.4) is 0 Å². The summed E-state index contributed by atoms with van der Waals surface area (Å²) in [7, 11) is -0.711. The predicted molar refractivity (Wildman–Crippen MR) is 86.8 cm³/mol. The molecule has 0 aromatic heterocycles. The maximum Gasteiger partial charge on any atom is 0.119 e. The van der Waals surface area contributed by atoms with Crippen LogP contribution in [-0.2, 0) is 10.8 Å². The lowest BCUT2D eigenvalue weighted by molar-refractivity contribution is 0.242. The monoisotopic (exact) mass is 297 g/mol. The van der Waals surface area contributed by atoms with Gasteiger partial charge in [-0.25, -0.2) is 0 Å². The van der Waals surface area contributed by atoms with Gasteiger partial charge in [-0.1, -0.05) is 12.1 Å². The molecule has 0 fully saturated rings. The number of hydrogen-bond donors (Lipinski definition) is 1. The lowest BCUT2D eigenvalue weighted by Crippen LogP contribution is -2.30. The van der Waals surface area contributed by atoms with E-state index < -0.39 is 10.8 Å². The van der Waals surface area contributed by atoms with Gasteiger partial charge in [0.05, 0.1) is 6.10 Å². The Bertz CT molecular complexity index is 417. The molecule has 114 valence electrons. The maximum absolute atomic E-state index is 11.1. The van der Waals surface area contributed by atoms with Gasteiger partial charge in [-0.05, 0) is 51.8 Å². The molecule has 1 aromatic rings. The van der Waals surface area contributed by atoms with Gasteiger partial charge in [0.1, 0.15) is 5.75 Å². The normalized spacial score (nSPS) is 15.9. The standard InChI is InChI=1S/C16H27NO2S/c1-12(2)19-16-8-6-15(7-9-16)14(4)17-13(3)10-11-20(5)18/h6-9,12-14,17H,10-11H2,1-5H3. The summed E-state index contributed by atoms with van der Waals surface area (Å²) in [5, 5.41) is 3.54. The third-order valence-corrected chi connectivity index (χ3v) is 3.94. The van der Waals surface area contributed by atoms with Crippen molar-refractivity contribution in [2.24, 2.45) is 0 Å². The highest BCUT2D eigenvalue weighted by Gasteiger charge is 2.10. The van der Waals surface area contributed by atoms with E-state index in [4.69, 9.17) is 4.74 Å². The Morgan fingerprint density at radius 3 is 2.25 bits per heavy atom. The Labute approximate surface area is 125 Å². The summed E-state index contributed by atoms with van der Waals surface area (Å²) >= 11 is 0. The first kappa shape index (κ1) is 17.2. The quantitative estimate of drug-likeness (QED) is 0.800. The Kier molecular flexibility index (Phi) is 7.24. The number of hydrogen-bond acceptors (Lipinski definition) is 3. The zero-order valence-electron chi connectivity index (χ0n) is 13.2. The second-order valence-corrected chi connectivity index (χ2v) is 7.15. The van der Waals surface area contributed by atoms with Gasteiger partial charge in [0.25, 0.3) is 0 Å². The molecule has 3 unspecified atom stereocenters. The van der Waals surface area contributed by atoms with E-state index >= 15 is 0 Å². The molecule has 3 nitrogen and oxygen atoms in total. The molecule has 3 atom stereocenters. The highest BCUT2D eigenvalue weighted by Crippen LogP contribution is 2.19. The Hall–Kier alpha value is -0.870. The average molecular weight is 297 g/mol. The molecule has 0 aliphatic carbocycles. The molecule has 1 N–H and O–H groups in total. The smallest absolute Gasteiger partial charge is 0.119 e. The van der Waals surface area contributed by atoms with Crippen molar-refractivity contribution < 1.29 is 8.95 Å². The van der Waals surface area contributed by atoms with Crippen LogP contribution >= 0.6 is 0 Å². The molecule has 20 heavy (non-hydrogen) atoms. The van der Waals surface area contributed by atoms with Crippen LogP contribution in [0, 0.1) is 0 Å². The Balaban J connectivity index is 2.50. The van der Waals surface area contributed by atoms with Gasteiger partial charge < -0.3 is 10.1 Å². The molecule has 0 radical (unpaired) electrons. The van der Waals surface area contributed by atoms with Gasteiger partial charge in [-0.2, -0.15) is 0 Å². The first-order valence-electron chi connectivity index (χ1n) is 7.21. The molecule has 0 saturated carbocycles. The van der Waals surface area contributed by atoms with Crippen LogP contribution in [0.15, 0.2) is 24.3 Å². The van der Waals surface area contributed by atoms with Crippen molar-refractivity contribution in [3.63, 3.8) is 0 Å². The van der Waals surface area contributed by atoms with Gasteiger partial charge in [-0.15, -0.1) is 0 Å². The van der Waals surface area contributed by atoms with Crippen LogP contribution in [0.25, 0.3) is 0 Å². The topological polar surface area (TPSA) is 38.3 Å². The van der Waals surface area contributed by atoms with Crippen LogP contribution in [0.1, 0.15) is 45.7 Å². The molecule has 4 heteroatoms. The van der Waals surface area contributed by atoms with Gasteiger partial charge in [0.15, 0.2) is 0 Å². The van der Waals surface area contributed by atoms with Crippen LogP contribution in [0.2, 0.25) is 0 Å². The fourth-order valence-corrected chi connectivity index (χ4v) is 2.74. The van der Waals surface area contributed by atoms with E-state index in [1.54, 1.807) is 6.26 Å². The predicted octanol–water partition coefficient (Wildman–Crippen LogP) is 3.28. The van der Waals surface area contributed by atoms with Crippen LogP contribution in [0.4, 0.5) is 0 Å². The average Bonchev–Trinajstić information content (AvgIpc) is 2.36. The zero-order valence-corrected chi connectivity index (χ0v) is 14.0. The summed E-state index contributed by atoms with van der Waals surface area (Å²) in [6.07, 6.45) is 2.89. The number of nitrogens with one attached hydrogen (secondary N) is 1. The summed E-state index contributed by atoms with van der Waals surface area (Å²) in [5.41, 5.74) is 1.24. The van der Waals surface area contributed by atoms with Crippen molar-refractivity contribution in [3.8, 4) is 5.75 Å². The van der Waals surface area contributed by atoms with Gasteiger partial charge >= 0.3 is 0 Å². The minimum atomic E-state index is -0.711. The van der Waals surface area contributed by atoms with Crippen molar-refractivity contribution in [1.29, 1.82) is 0 Å². The largest absolute Gasteiger partial charge is 0.491 e. The molecule has 0 spiro atoms. The fourth-order valence-electron chi connectivity index (χ4n) is 2.06. The minimum absolute atomic E-state index is 0.200. The van der Waals surface area contributed by atoms with E-state index in [0.717, 1.165) is 17.9 Å². The second kappa shape index (κ2) is 8.42. The number of rotatable bonds is 8. The molecule has 0 aliphatic rings. The van der Waals surface area contributed by atoms with E-state index in [0.29, 0.717) is 6.04 Å². The highest BCUT2D eigenvalue weighted by molar-refractivity contribution is 7.84. The molecule has 1 rings (SSSR count). The van der Waals surface area contributed by atoms with E-state index in [9.17, 15) is 4.21 Å². The second-order valence-electron chi connectivity index (χ2n) is 5.59. The van der Waals surface area contributed by atoms with Crippen LogP contribution < -0.4 is 10.1 Å². The third kappa shape index (κ3) is 6.53. The van der Waals surface area contributed by atoms with Crippen molar-refractivity contribution in [1.82, 2.24) is 5.32 Å². The van der Waals surface area contributed by atoms with Crippen LogP contribution in [-0.4, -0.2) is 28.4 Å². The number of benzene rings is 1. The Morgan fingerprint density at radius 2 is 1.75 bits per heavy atom. The van der Waals surface area contributed by atoms with Crippen molar-refractivity contribution in [2.75, 3.05) is 12.0 Å². The molecule has 0 heterocycles. The SMILES string of the molecule is CC(CCS(C)=O)NC(C)c1ccc(OC(C)C)cc1. The lowest BCUT2D eigenvalue weighted by Gasteiger charge is -2.20. The first-order chi connectivity index (χ1) is 9.38. The van der Waals surface area contributed by atoms with Crippen molar-refractivity contribution in [3.05, 3.63) is 29.8 Å².